The molecule has 0 aliphatic carbocycles. The van der Waals surface area contributed by atoms with Gasteiger partial charge >= 0.3 is 0 Å². The predicted molar refractivity (Wildman–Crippen MR) is 85.4 cm³/mol. The van der Waals surface area contributed by atoms with Crippen LogP contribution in [0.2, 0.25) is 0 Å². The SMILES string of the molecule is CNS(=O)(=O)c1ccc(NCC2(N(C)C)CCOCC2)nc1. The Morgan fingerprint density at radius 2 is 2.00 bits per heavy atom. The Bertz CT molecular complexity index is 581. The van der Waals surface area contributed by atoms with Gasteiger partial charge in [0.05, 0.1) is 0 Å². The Morgan fingerprint density at radius 1 is 1.32 bits per heavy atom. The van der Waals surface area contributed by atoms with Crippen molar-refractivity contribution in [3.05, 3.63) is 18.3 Å². The van der Waals surface area contributed by atoms with Crippen LogP contribution in [0, 0.1) is 0 Å². The minimum absolute atomic E-state index is 0.0374. The molecule has 1 saturated heterocycles. The van der Waals surface area contributed by atoms with Gasteiger partial charge in [-0.05, 0) is 46.1 Å². The molecular weight excluding hydrogens is 304 g/mol. The van der Waals surface area contributed by atoms with Crippen LogP contribution < -0.4 is 10.0 Å². The van der Waals surface area contributed by atoms with Gasteiger partial charge in [0.15, 0.2) is 0 Å². The molecule has 0 spiro atoms. The highest BCUT2D eigenvalue weighted by Gasteiger charge is 2.34. The highest BCUT2D eigenvalue weighted by Crippen LogP contribution is 2.26. The molecule has 0 amide bonds. The summed E-state index contributed by atoms with van der Waals surface area (Å²) in [6, 6.07) is 3.24. The third kappa shape index (κ3) is 3.75. The fourth-order valence-electron chi connectivity index (χ4n) is 2.55. The number of hydrogen-bond acceptors (Lipinski definition) is 6. The first kappa shape index (κ1) is 17.1. The highest BCUT2D eigenvalue weighted by atomic mass is 32.2. The number of anilines is 1. The van der Waals surface area contributed by atoms with Gasteiger partial charge in [0.25, 0.3) is 0 Å². The number of likely N-dealkylation sites (N-methyl/N-ethyl adjacent to an activating group) is 1. The molecule has 0 aromatic carbocycles. The van der Waals surface area contributed by atoms with E-state index in [9.17, 15) is 8.42 Å². The van der Waals surface area contributed by atoms with Gasteiger partial charge in [-0.15, -0.1) is 0 Å². The molecule has 2 rings (SSSR count). The topological polar surface area (TPSA) is 83.6 Å². The number of hydrogen-bond donors (Lipinski definition) is 2. The lowest BCUT2D eigenvalue weighted by Gasteiger charge is -2.43. The van der Waals surface area contributed by atoms with Gasteiger partial charge in [-0.25, -0.2) is 18.1 Å². The highest BCUT2D eigenvalue weighted by molar-refractivity contribution is 7.89. The Labute approximate surface area is 132 Å². The van der Waals surface area contributed by atoms with Crippen molar-refractivity contribution in [3.8, 4) is 0 Å². The molecule has 124 valence electrons. The second-order valence-corrected chi connectivity index (χ2v) is 7.56. The molecule has 2 heterocycles. The van der Waals surface area contributed by atoms with Crippen LogP contribution in [0.15, 0.2) is 23.2 Å². The zero-order valence-electron chi connectivity index (χ0n) is 13.3. The van der Waals surface area contributed by atoms with E-state index in [2.05, 4.69) is 34.0 Å². The van der Waals surface area contributed by atoms with Crippen LogP contribution >= 0.6 is 0 Å². The Morgan fingerprint density at radius 3 is 2.50 bits per heavy atom. The van der Waals surface area contributed by atoms with Crippen molar-refractivity contribution >= 4 is 15.8 Å². The Balaban J connectivity index is 2.04. The maximum absolute atomic E-state index is 11.7. The minimum atomic E-state index is -3.44. The summed E-state index contributed by atoms with van der Waals surface area (Å²) in [6.07, 6.45) is 3.28. The van der Waals surface area contributed by atoms with Crippen LogP contribution in [0.3, 0.4) is 0 Å². The molecule has 0 bridgehead atoms. The summed E-state index contributed by atoms with van der Waals surface area (Å²) in [6.45, 7) is 2.26. The average Bonchev–Trinajstić information content (AvgIpc) is 2.54. The minimum Gasteiger partial charge on any atom is -0.381 e. The van der Waals surface area contributed by atoms with Gasteiger partial charge in [-0.1, -0.05) is 0 Å². The normalized spacial score (nSPS) is 18.4. The summed E-state index contributed by atoms with van der Waals surface area (Å²) in [5.41, 5.74) is 0.0374. The van der Waals surface area contributed by atoms with Gasteiger partial charge in [0, 0.05) is 31.5 Å². The summed E-state index contributed by atoms with van der Waals surface area (Å²) in [4.78, 5) is 6.57. The molecule has 1 aliphatic rings. The van der Waals surface area contributed by atoms with Crippen molar-refractivity contribution in [1.29, 1.82) is 0 Å². The van der Waals surface area contributed by atoms with E-state index >= 15 is 0 Å². The summed E-state index contributed by atoms with van der Waals surface area (Å²) < 4.78 is 31.1. The first-order valence-electron chi connectivity index (χ1n) is 7.28. The number of nitrogens with one attached hydrogen (secondary N) is 2. The standard InChI is InChI=1S/C14H24N4O3S/c1-15-22(19,20)12-4-5-13(16-10-12)17-11-14(18(2)3)6-8-21-9-7-14/h4-5,10,15H,6-9,11H2,1-3H3,(H,16,17). The fraction of sp³-hybridized carbons (Fsp3) is 0.643. The van der Waals surface area contributed by atoms with Crippen molar-refractivity contribution in [2.45, 2.75) is 23.3 Å². The van der Waals surface area contributed by atoms with Crippen molar-refractivity contribution in [2.75, 3.05) is 46.2 Å². The molecule has 2 N–H and O–H groups in total. The van der Waals surface area contributed by atoms with Crippen molar-refractivity contribution < 1.29 is 13.2 Å². The lowest BCUT2D eigenvalue weighted by Crippen LogP contribution is -2.53. The lowest BCUT2D eigenvalue weighted by atomic mass is 9.88. The molecule has 1 aliphatic heterocycles. The first-order chi connectivity index (χ1) is 10.4. The average molecular weight is 328 g/mol. The molecule has 0 saturated carbocycles. The van der Waals surface area contributed by atoms with E-state index in [0.717, 1.165) is 32.6 Å². The quantitative estimate of drug-likeness (QED) is 0.792. The van der Waals surface area contributed by atoms with Gasteiger partial charge in [0.2, 0.25) is 10.0 Å². The maximum Gasteiger partial charge on any atom is 0.241 e. The number of sulfonamides is 1. The van der Waals surface area contributed by atoms with E-state index in [1.54, 1.807) is 12.1 Å². The maximum atomic E-state index is 11.7. The molecule has 7 nitrogen and oxygen atoms in total. The van der Waals surface area contributed by atoms with Crippen molar-refractivity contribution in [1.82, 2.24) is 14.6 Å². The van der Waals surface area contributed by atoms with E-state index in [-0.39, 0.29) is 10.4 Å². The molecule has 0 radical (unpaired) electrons. The molecule has 0 atom stereocenters. The second-order valence-electron chi connectivity index (χ2n) is 5.67. The number of ether oxygens (including phenoxy) is 1. The fourth-order valence-corrected chi connectivity index (χ4v) is 3.22. The number of aromatic nitrogens is 1. The zero-order valence-corrected chi connectivity index (χ0v) is 14.1. The van der Waals surface area contributed by atoms with Gasteiger partial charge < -0.3 is 15.0 Å². The lowest BCUT2D eigenvalue weighted by molar-refractivity contribution is -0.000665. The molecule has 22 heavy (non-hydrogen) atoms. The van der Waals surface area contributed by atoms with Crippen LogP contribution in [0.1, 0.15) is 12.8 Å². The predicted octanol–water partition coefficient (Wildman–Crippen LogP) is 0.512. The molecule has 1 aromatic heterocycles. The zero-order chi connectivity index (χ0) is 16.2. The van der Waals surface area contributed by atoms with Crippen molar-refractivity contribution in [2.24, 2.45) is 0 Å². The van der Waals surface area contributed by atoms with E-state index in [1.165, 1.54) is 13.2 Å². The Hall–Kier alpha value is -1.22. The molecular formula is C14H24N4O3S. The van der Waals surface area contributed by atoms with Crippen LogP contribution in [0.5, 0.6) is 0 Å². The van der Waals surface area contributed by atoms with E-state index in [4.69, 9.17) is 4.74 Å². The van der Waals surface area contributed by atoms with Crippen LogP contribution in [0.4, 0.5) is 5.82 Å². The Kier molecular flexibility index (Phi) is 5.38. The molecule has 1 aromatic rings. The number of pyridine rings is 1. The van der Waals surface area contributed by atoms with Gasteiger partial charge in [0.1, 0.15) is 10.7 Å². The van der Waals surface area contributed by atoms with E-state index < -0.39 is 10.0 Å². The second kappa shape index (κ2) is 6.91. The van der Waals surface area contributed by atoms with Gasteiger partial charge in [-0.2, -0.15) is 0 Å². The smallest absolute Gasteiger partial charge is 0.241 e. The van der Waals surface area contributed by atoms with Crippen LogP contribution in [-0.2, 0) is 14.8 Å². The third-order valence-corrected chi connectivity index (χ3v) is 5.69. The third-order valence-electron chi connectivity index (χ3n) is 4.29. The molecule has 8 heteroatoms. The summed E-state index contributed by atoms with van der Waals surface area (Å²) in [5.74, 6) is 0.669. The van der Waals surface area contributed by atoms with Crippen molar-refractivity contribution in [3.63, 3.8) is 0 Å². The summed E-state index contributed by atoms with van der Waals surface area (Å²) in [7, 11) is 2.09. The van der Waals surface area contributed by atoms with E-state index in [1.807, 2.05) is 0 Å². The largest absolute Gasteiger partial charge is 0.381 e. The summed E-state index contributed by atoms with van der Waals surface area (Å²) >= 11 is 0. The number of rotatable bonds is 6. The van der Waals surface area contributed by atoms with Crippen LogP contribution in [0.25, 0.3) is 0 Å². The first-order valence-corrected chi connectivity index (χ1v) is 8.77. The van der Waals surface area contributed by atoms with Gasteiger partial charge in [-0.3, -0.25) is 0 Å². The van der Waals surface area contributed by atoms with Crippen LogP contribution in [-0.4, -0.2) is 64.7 Å². The number of nitrogens with zero attached hydrogens (tertiary/aromatic N) is 2. The summed E-state index contributed by atoms with van der Waals surface area (Å²) in [5, 5.41) is 3.31. The molecule has 0 unspecified atom stereocenters. The molecule has 1 fully saturated rings. The van der Waals surface area contributed by atoms with E-state index in [0.29, 0.717) is 5.82 Å². The monoisotopic (exact) mass is 328 g/mol.